The highest BCUT2D eigenvalue weighted by Crippen LogP contribution is 2.28. The largest absolute Gasteiger partial charge is 0.368 e. The Morgan fingerprint density at radius 2 is 1.66 bits per heavy atom. The first-order chi connectivity index (χ1) is 14.1. The maximum absolute atomic E-state index is 12.7. The van der Waals surface area contributed by atoms with E-state index in [4.69, 9.17) is 0 Å². The number of piperazine rings is 1. The van der Waals surface area contributed by atoms with Crippen LogP contribution >= 0.6 is 0 Å². The summed E-state index contributed by atoms with van der Waals surface area (Å²) in [6, 6.07) is 16.2. The molecular formula is C24H29N3O2. The Kier molecular flexibility index (Phi) is 5.84. The topological polar surface area (TPSA) is 52.7 Å². The number of nitrogens with zero attached hydrogens (tertiary/aromatic N) is 2. The lowest BCUT2D eigenvalue weighted by molar-refractivity contribution is -0.130. The number of anilines is 2. The second-order valence-corrected chi connectivity index (χ2v) is 8.14. The fraction of sp³-hybridized carbons (Fsp3) is 0.417. The zero-order chi connectivity index (χ0) is 20.2. The van der Waals surface area contributed by atoms with Crippen molar-refractivity contribution < 1.29 is 9.59 Å². The third-order valence-electron chi connectivity index (χ3n) is 6.21. The molecule has 1 heterocycles. The lowest BCUT2D eigenvalue weighted by Crippen LogP contribution is -2.49. The van der Waals surface area contributed by atoms with Crippen molar-refractivity contribution in [1.29, 1.82) is 0 Å². The first-order valence-corrected chi connectivity index (χ1v) is 10.6. The van der Waals surface area contributed by atoms with Gasteiger partial charge < -0.3 is 15.1 Å². The van der Waals surface area contributed by atoms with Gasteiger partial charge in [-0.1, -0.05) is 30.7 Å². The van der Waals surface area contributed by atoms with E-state index in [1.165, 1.54) is 5.56 Å². The Morgan fingerprint density at radius 1 is 0.966 bits per heavy atom. The maximum atomic E-state index is 12.7. The van der Waals surface area contributed by atoms with Crippen LogP contribution in [-0.2, 0) is 16.0 Å². The van der Waals surface area contributed by atoms with E-state index in [2.05, 4.69) is 35.3 Å². The van der Waals surface area contributed by atoms with Crippen LogP contribution < -0.4 is 10.2 Å². The molecule has 152 valence electrons. The Labute approximate surface area is 172 Å². The summed E-state index contributed by atoms with van der Waals surface area (Å²) in [5.41, 5.74) is 4.28. The normalized spacial score (nSPS) is 17.0. The molecule has 5 heteroatoms. The van der Waals surface area contributed by atoms with E-state index in [-0.39, 0.29) is 17.7 Å². The van der Waals surface area contributed by atoms with E-state index < -0.39 is 0 Å². The van der Waals surface area contributed by atoms with Crippen LogP contribution in [0.5, 0.6) is 0 Å². The SMILES string of the molecule is Cc1ccccc1CC(=O)N1CCN(c2ccc(NC(=O)C3CCC3)cc2)CC1. The van der Waals surface area contributed by atoms with Crippen LogP contribution in [0.15, 0.2) is 48.5 Å². The van der Waals surface area contributed by atoms with Gasteiger partial charge in [-0.2, -0.15) is 0 Å². The van der Waals surface area contributed by atoms with Gasteiger partial charge in [0.25, 0.3) is 0 Å². The monoisotopic (exact) mass is 391 g/mol. The molecular weight excluding hydrogens is 362 g/mol. The standard InChI is InChI=1S/C24H29N3O2/c1-18-5-2-3-6-20(18)17-23(28)27-15-13-26(14-16-27)22-11-9-21(10-12-22)25-24(29)19-7-4-8-19/h2-3,5-6,9-12,19H,4,7-8,13-17H2,1H3,(H,25,29). The van der Waals surface area contributed by atoms with Gasteiger partial charge in [0.1, 0.15) is 0 Å². The number of nitrogens with one attached hydrogen (secondary N) is 1. The van der Waals surface area contributed by atoms with Crippen molar-refractivity contribution in [3.05, 3.63) is 59.7 Å². The Hall–Kier alpha value is -2.82. The first-order valence-electron chi connectivity index (χ1n) is 10.6. The number of benzene rings is 2. The van der Waals surface area contributed by atoms with Gasteiger partial charge in [0.05, 0.1) is 6.42 Å². The van der Waals surface area contributed by atoms with Crippen molar-refractivity contribution in [2.75, 3.05) is 36.4 Å². The highest BCUT2D eigenvalue weighted by molar-refractivity contribution is 5.93. The average molecular weight is 392 g/mol. The highest BCUT2D eigenvalue weighted by atomic mass is 16.2. The fourth-order valence-corrected chi connectivity index (χ4v) is 3.97. The van der Waals surface area contributed by atoms with E-state index in [0.717, 1.165) is 62.4 Å². The van der Waals surface area contributed by atoms with Crippen molar-refractivity contribution >= 4 is 23.2 Å². The van der Waals surface area contributed by atoms with E-state index >= 15 is 0 Å². The molecule has 0 radical (unpaired) electrons. The molecule has 29 heavy (non-hydrogen) atoms. The Morgan fingerprint density at radius 3 is 2.28 bits per heavy atom. The minimum atomic E-state index is 0.143. The molecule has 1 aliphatic heterocycles. The third-order valence-corrected chi connectivity index (χ3v) is 6.21. The molecule has 1 saturated heterocycles. The lowest BCUT2D eigenvalue weighted by Gasteiger charge is -2.36. The van der Waals surface area contributed by atoms with Crippen molar-refractivity contribution in [3.8, 4) is 0 Å². The second-order valence-electron chi connectivity index (χ2n) is 8.14. The van der Waals surface area contributed by atoms with E-state index in [0.29, 0.717) is 6.42 Å². The molecule has 2 fully saturated rings. The van der Waals surface area contributed by atoms with E-state index in [9.17, 15) is 9.59 Å². The molecule has 5 nitrogen and oxygen atoms in total. The summed E-state index contributed by atoms with van der Waals surface area (Å²) in [6.45, 7) is 5.19. The molecule has 1 saturated carbocycles. The zero-order valence-electron chi connectivity index (χ0n) is 17.1. The molecule has 0 aromatic heterocycles. The molecule has 0 unspecified atom stereocenters. The molecule has 0 atom stereocenters. The second kappa shape index (κ2) is 8.68. The summed E-state index contributed by atoms with van der Waals surface area (Å²) in [7, 11) is 0. The Bertz CT molecular complexity index is 866. The van der Waals surface area contributed by atoms with Crippen LogP contribution in [0.4, 0.5) is 11.4 Å². The smallest absolute Gasteiger partial charge is 0.227 e. The first kappa shape index (κ1) is 19.5. The predicted molar refractivity (Wildman–Crippen MR) is 116 cm³/mol. The van der Waals surface area contributed by atoms with Crippen LogP contribution in [0.2, 0.25) is 0 Å². The van der Waals surface area contributed by atoms with Gasteiger partial charge >= 0.3 is 0 Å². The molecule has 0 spiro atoms. The molecule has 2 amide bonds. The summed E-state index contributed by atoms with van der Waals surface area (Å²) >= 11 is 0. The average Bonchev–Trinajstić information content (AvgIpc) is 2.69. The maximum Gasteiger partial charge on any atom is 0.227 e. The van der Waals surface area contributed by atoms with Crippen LogP contribution in [-0.4, -0.2) is 42.9 Å². The van der Waals surface area contributed by atoms with Crippen LogP contribution in [0.1, 0.15) is 30.4 Å². The summed E-state index contributed by atoms with van der Waals surface area (Å²) < 4.78 is 0. The molecule has 4 rings (SSSR count). The number of aryl methyl sites for hydroxylation is 1. The number of carbonyl (C=O) groups is 2. The van der Waals surface area contributed by atoms with Crippen molar-refractivity contribution in [3.63, 3.8) is 0 Å². The predicted octanol–water partition coefficient (Wildman–Crippen LogP) is 3.62. The van der Waals surface area contributed by atoms with Crippen LogP contribution in [0, 0.1) is 12.8 Å². The summed E-state index contributed by atoms with van der Waals surface area (Å²) in [6.07, 6.45) is 3.66. The number of carbonyl (C=O) groups excluding carboxylic acids is 2. The number of hydrogen-bond donors (Lipinski definition) is 1. The van der Waals surface area contributed by atoms with Crippen molar-refractivity contribution in [1.82, 2.24) is 4.90 Å². The lowest BCUT2D eigenvalue weighted by atomic mass is 9.85. The van der Waals surface area contributed by atoms with E-state index in [1.807, 2.05) is 35.2 Å². The van der Waals surface area contributed by atoms with E-state index in [1.54, 1.807) is 0 Å². The molecule has 2 aromatic carbocycles. The fourth-order valence-electron chi connectivity index (χ4n) is 3.97. The third kappa shape index (κ3) is 4.61. The molecule has 1 aliphatic carbocycles. The van der Waals surface area contributed by atoms with Gasteiger partial charge in [0, 0.05) is 43.5 Å². The molecule has 2 aromatic rings. The van der Waals surface area contributed by atoms with Gasteiger partial charge in [-0.25, -0.2) is 0 Å². The van der Waals surface area contributed by atoms with Crippen LogP contribution in [0.3, 0.4) is 0 Å². The van der Waals surface area contributed by atoms with Crippen molar-refractivity contribution in [2.24, 2.45) is 5.92 Å². The molecule has 0 bridgehead atoms. The summed E-state index contributed by atoms with van der Waals surface area (Å²) in [5, 5.41) is 3.01. The number of amides is 2. The number of rotatable bonds is 5. The molecule has 1 N–H and O–H groups in total. The number of hydrogen-bond acceptors (Lipinski definition) is 3. The minimum absolute atomic E-state index is 0.143. The highest BCUT2D eigenvalue weighted by Gasteiger charge is 2.25. The minimum Gasteiger partial charge on any atom is -0.368 e. The summed E-state index contributed by atoms with van der Waals surface area (Å²) in [4.78, 5) is 29.0. The quantitative estimate of drug-likeness (QED) is 0.847. The van der Waals surface area contributed by atoms with Gasteiger partial charge in [-0.05, 0) is 55.2 Å². The zero-order valence-corrected chi connectivity index (χ0v) is 17.1. The molecule has 2 aliphatic rings. The van der Waals surface area contributed by atoms with Gasteiger partial charge in [0.2, 0.25) is 11.8 Å². The Balaban J connectivity index is 1.28. The van der Waals surface area contributed by atoms with Gasteiger partial charge in [-0.15, -0.1) is 0 Å². The van der Waals surface area contributed by atoms with Crippen molar-refractivity contribution in [2.45, 2.75) is 32.6 Å². The van der Waals surface area contributed by atoms with Crippen LogP contribution in [0.25, 0.3) is 0 Å². The van der Waals surface area contributed by atoms with Gasteiger partial charge in [-0.3, -0.25) is 9.59 Å². The van der Waals surface area contributed by atoms with Gasteiger partial charge in [0.15, 0.2) is 0 Å². The summed E-state index contributed by atoms with van der Waals surface area (Å²) in [5.74, 6) is 0.540.